The highest BCUT2D eigenvalue weighted by Gasteiger charge is 2.50. The molecule has 0 saturated carbocycles. The maximum absolute atomic E-state index is 6.74. The van der Waals surface area contributed by atoms with Crippen molar-refractivity contribution in [3.05, 3.63) is 216 Å². The molecule has 0 saturated heterocycles. The maximum atomic E-state index is 6.74. The maximum Gasteiger partial charge on any atom is 0.143 e. The zero-order valence-corrected chi connectivity index (χ0v) is 34.6. The molecule has 0 N–H and O–H groups in total. The Bertz CT molecular complexity index is 3790. The van der Waals surface area contributed by atoms with Crippen LogP contribution in [0.2, 0.25) is 0 Å². The number of fused-ring (bicyclic) bond motifs is 16. The van der Waals surface area contributed by atoms with Crippen molar-refractivity contribution in [3.8, 4) is 22.3 Å². The Kier molecular flexibility index (Phi) is 7.10. The van der Waals surface area contributed by atoms with Gasteiger partial charge in [0.05, 0.1) is 21.1 Å². The molecule has 14 rings (SSSR count). The van der Waals surface area contributed by atoms with E-state index in [4.69, 9.17) is 13.8 Å². The van der Waals surface area contributed by atoms with Gasteiger partial charge in [0.2, 0.25) is 0 Å². The topological polar surface area (TPSA) is 42.4 Å². The van der Waals surface area contributed by atoms with Gasteiger partial charge in [-0.2, -0.15) is 0 Å². The number of para-hydroxylation sites is 2. The van der Waals surface area contributed by atoms with Gasteiger partial charge >= 0.3 is 0 Å². The van der Waals surface area contributed by atoms with Crippen LogP contribution >= 0.6 is 23.1 Å². The van der Waals surface area contributed by atoms with Crippen LogP contribution < -0.4 is 4.90 Å². The SMILES string of the molecule is c1ccc2c(c1)Sc1cc(N(c3ccc4oc5ccccc5c4c3)c3cc(-c4ccc5scnc5c4)c4oc5ccccc5c4c3)ccc1C21c2ccccc2-c2ccccc21. The summed E-state index contributed by atoms with van der Waals surface area (Å²) in [5.74, 6) is 0. The van der Waals surface area contributed by atoms with Crippen LogP contribution in [0.4, 0.5) is 17.1 Å². The predicted octanol–water partition coefficient (Wildman–Crippen LogP) is 16.1. The van der Waals surface area contributed by atoms with Gasteiger partial charge in [0.25, 0.3) is 0 Å². The Labute approximate surface area is 364 Å². The second-order valence-corrected chi connectivity index (χ2v) is 18.2. The first-order chi connectivity index (χ1) is 30.7. The summed E-state index contributed by atoms with van der Waals surface area (Å²) in [5.41, 5.74) is 19.0. The van der Waals surface area contributed by atoms with Crippen molar-refractivity contribution in [2.45, 2.75) is 15.2 Å². The Morgan fingerprint density at radius 1 is 0.435 bits per heavy atom. The molecule has 1 aliphatic carbocycles. The summed E-state index contributed by atoms with van der Waals surface area (Å²) >= 11 is 3.52. The molecule has 2 aliphatic rings. The number of aromatic nitrogens is 1. The summed E-state index contributed by atoms with van der Waals surface area (Å²) in [7, 11) is 0. The molecular weight excluding hydrogens is 797 g/mol. The van der Waals surface area contributed by atoms with Gasteiger partial charge in [-0.1, -0.05) is 127 Å². The molecule has 0 bridgehead atoms. The largest absolute Gasteiger partial charge is 0.456 e. The lowest BCUT2D eigenvalue weighted by molar-refractivity contribution is 0.669. The smallest absolute Gasteiger partial charge is 0.143 e. The van der Waals surface area contributed by atoms with Crippen molar-refractivity contribution >= 4 is 94.3 Å². The Morgan fingerprint density at radius 3 is 1.89 bits per heavy atom. The normalized spacial score (nSPS) is 13.5. The molecule has 0 unspecified atom stereocenters. The van der Waals surface area contributed by atoms with Crippen LogP contribution in [0.5, 0.6) is 0 Å². The van der Waals surface area contributed by atoms with E-state index in [0.717, 1.165) is 82.3 Å². The fourth-order valence-corrected chi connectivity index (χ4v) is 12.4. The fraction of sp³-hybridized carbons (Fsp3) is 0.0179. The molecular formula is C56H32N2O2S2. The highest BCUT2D eigenvalue weighted by molar-refractivity contribution is 7.99. The molecule has 9 aromatic carbocycles. The zero-order valence-electron chi connectivity index (χ0n) is 33.0. The summed E-state index contributed by atoms with van der Waals surface area (Å²) in [6.45, 7) is 0. The molecule has 4 heterocycles. The van der Waals surface area contributed by atoms with Crippen molar-refractivity contribution in [1.82, 2.24) is 4.98 Å². The standard InChI is InChI=1S/C56H32N2O2S2/c1-5-15-44-37(11-1)38-12-2-6-16-45(38)56(44)46-17-7-10-20-52(46)62-54-31-35(22-24-47(54)56)58(34-23-25-51-42(28-34)39-13-3-8-18-49(39)59-51)36-29-41(33-21-26-53-48(27-33)57-32-61-53)55-43(30-36)40-14-4-9-19-50(40)60-55/h1-32H. The van der Waals surface area contributed by atoms with E-state index >= 15 is 0 Å². The molecule has 0 radical (unpaired) electrons. The third kappa shape index (κ3) is 4.71. The van der Waals surface area contributed by atoms with Crippen LogP contribution in [0.25, 0.3) is 76.3 Å². The first-order valence-electron chi connectivity index (χ1n) is 20.8. The highest BCUT2D eigenvalue weighted by atomic mass is 32.2. The van der Waals surface area contributed by atoms with Gasteiger partial charge in [0, 0.05) is 54.0 Å². The van der Waals surface area contributed by atoms with E-state index in [1.807, 2.05) is 35.5 Å². The van der Waals surface area contributed by atoms with E-state index in [1.165, 1.54) is 43.2 Å². The van der Waals surface area contributed by atoms with Crippen LogP contribution in [0.15, 0.2) is 212 Å². The van der Waals surface area contributed by atoms with Crippen LogP contribution in [0.1, 0.15) is 22.3 Å². The lowest BCUT2D eigenvalue weighted by Gasteiger charge is -2.40. The number of hydrogen-bond donors (Lipinski definition) is 0. The lowest BCUT2D eigenvalue weighted by Crippen LogP contribution is -2.32. The summed E-state index contributed by atoms with van der Waals surface area (Å²) in [5, 5.41) is 4.31. The molecule has 1 spiro atoms. The number of thiazole rings is 1. The molecule has 0 amide bonds. The second kappa shape index (κ2) is 12.8. The van der Waals surface area contributed by atoms with Crippen molar-refractivity contribution in [2.24, 2.45) is 0 Å². The van der Waals surface area contributed by atoms with Crippen molar-refractivity contribution in [1.29, 1.82) is 0 Å². The van der Waals surface area contributed by atoms with Gasteiger partial charge in [-0.3, -0.25) is 0 Å². The molecule has 62 heavy (non-hydrogen) atoms. The first kappa shape index (κ1) is 34.3. The molecule has 0 atom stereocenters. The van der Waals surface area contributed by atoms with E-state index in [-0.39, 0.29) is 0 Å². The van der Waals surface area contributed by atoms with Crippen LogP contribution in [-0.2, 0) is 5.41 Å². The Hall–Kier alpha value is -7.38. The molecule has 4 nitrogen and oxygen atoms in total. The van der Waals surface area contributed by atoms with Gasteiger partial charge < -0.3 is 13.7 Å². The van der Waals surface area contributed by atoms with Crippen LogP contribution in [0.3, 0.4) is 0 Å². The predicted molar refractivity (Wildman–Crippen MR) is 256 cm³/mol. The van der Waals surface area contributed by atoms with Crippen molar-refractivity contribution in [3.63, 3.8) is 0 Å². The molecule has 6 heteroatoms. The van der Waals surface area contributed by atoms with Crippen molar-refractivity contribution < 1.29 is 8.83 Å². The van der Waals surface area contributed by atoms with Gasteiger partial charge in [0.15, 0.2) is 0 Å². The van der Waals surface area contributed by atoms with Gasteiger partial charge in [0.1, 0.15) is 22.3 Å². The Balaban J connectivity index is 1.05. The lowest BCUT2D eigenvalue weighted by atomic mass is 9.67. The summed E-state index contributed by atoms with van der Waals surface area (Å²) < 4.78 is 14.3. The van der Waals surface area contributed by atoms with E-state index in [0.29, 0.717) is 0 Å². The van der Waals surface area contributed by atoms with E-state index < -0.39 is 5.41 Å². The van der Waals surface area contributed by atoms with Crippen LogP contribution in [0, 0.1) is 0 Å². The van der Waals surface area contributed by atoms with E-state index in [1.54, 1.807) is 11.3 Å². The molecule has 290 valence electrons. The third-order valence-corrected chi connectivity index (χ3v) is 15.0. The third-order valence-electron chi connectivity index (χ3n) is 13.1. The van der Waals surface area contributed by atoms with Gasteiger partial charge in [-0.05, 0) is 112 Å². The summed E-state index contributed by atoms with van der Waals surface area (Å²) in [6.07, 6.45) is 0. The minimum absolute atomic E-state index is 0.460. The summed E-state index contributed by atoms with van der Waals surface area (Å²) in [6, 6.07) is 68.5. The van der Waals surface area contributed by atoms with Crippen molar-refractivity contribution in [2.75, 3.05) is 4.90 Å². The average molecular weight is 829 g/mol. The number of benzene rings is 9. The zero-order chi connectivity index (χ0) is 40.5. The monoisotopic (exact) mass is 828 g/mol. The summed E-state index contributed by atoms with van der Waals surface area (Å²) in [4.78, 5) is 9.63. The Morgan fingerprint density at radius 2 is 1.06 bits per heavy atom. The van der Waals surface area contributed by atoms with Crippen LogP contribution in [-0.4, -0.2) is 4.98 Å². The first-order valence-corrected chi connectivity index (χ1v) is 22.5. The molecule has 1 aliphatic heterocycles. The van der Waals surface area contributed by atoms with E-state index in [9.17, 15) is 0 Å². The average Bonchev–Trinajstić information content (AvgIpc) is 4.11. The number of furan rings is 2. The number of hydrogen-bond acceptors (Lipinski definition) is 6. The number of rotatable bonds is 4. The van der Waals surface area contributed by atoms with E-state index in [2.05, 4.69) is 175 Å². The molecule has 0 fully saturated rings. The molecule has 12 aromatic rings. The minimum Gasteiger partial charge on any atom is -0.456 e. The quantitative estimate of drug-likeness (QED) is 0.177. The number of anilines is 3. The second-order valence-electron chi connectivity index (χ2n) is 16.2. The minimum atomic E-state index is -0.460. The van der Waals surface area contributed by atoms with Gasteiger partial charge in [-0.15, -0.1) is 11.3 Å². The fourth-order valence-electron chi connectivity index (χ4n) is 10.5. The van der Waals surface area contributed by atoms with Gasteiger partial charge in [-0.25, -0.2) is 4.98 Å². The number of nitrogens with zero attached hydrogens (tertiary/aromatic N) is 2. The highest BCUT2D eigenvalue weighted by Crippen LogP contribution is 2.62. The molecule has 3 aromatic heterocycles.